The second kappa shape index (κ2) is 7.81. The second-order valence-electron chi connectivity index (χ2n) is 6.81. The van der Waals surface area contributed by atoms with E-state index < -0.39 is 19.6 Å². The first kappa shape index (κ1) is 18.7. The highest BCUT2D eigenvalue weighted by Crippen LogP contribution is 2.35. The van der Waals surface area contributed by atoms with E-state index in [0.717, 1.165) is 10.6 Å². The van der Waals surface area contributed by atoms with Crippen molar-refractivity contribution in [1.29, 1.82) is 0 Å². The van der Waals surface area contributed by atoms with Gasteiger partial charge in [-0.15, -0.1) is 0 Å². The van der Waals surface area contributed by atoms with Crippen molar-refractivity contribution in [2.75, 3.05) is 0 Å². The van der Waals surface area contributed by atoms with Crippen LogP contribution in [0.1, 0.15) is 0 Å². The van der Waals surface area contributed by atoms with Crippen molar-refractivity contribution >= 4 is 35.1 Å². The van der Waals surface area contributed by atoms with Gasteiger partial charge in [-0.3, -0.25) is 4.57 Å². The summed E-state index contributed by atoms with van der Waals surface area (Å²) in [6.07, 6.45) is 0. The van der Waals surface area contributed by atoms with E-state index in [0.29, 0.717) is 16.6 Å². The molecule has 0 aliphatic heterocycles. The third kappa shape index (κ3) is 3.20. The number of fused-ring (bicyclic) bond motifs is 1. The molecule has 0 saturated heterocycles. The van der Waals surface area contributed by atoms with Crippen molar-refractivity contribution in [2.45, 2.75) is 0 Å². The Bertz CT molecular complexity index is 1260. The van der Waals surface area contributed by atoms with Gasteiger partial charge in [-0.1, -0.05) is 78.9 Å². The Labute approximate surface area is 174 Å². The molecule has 5 heteroatoms. The molecule has 0 fully saturated rings. The molecule has 1 aromatic heterocycles. The van der Waals surface area contributed by atoms with Crippen molar-refractivity contribution in [3.8, 4) is 5.69 Å². The molecule has 0 unspecified atom stereocenters. The third-order valence-corrected chi connectivity index (χ3v) is 7.26. The highest BCUT2D eigenvalue weighted by atomic mass is 31.1. The Balaban J connectivity index is 1.87. The first-order chi connectivity index (χ1) is 14.7. The summed E-state index contributed by atoms with van der Waals surface area (Å²) in [7, 11) is -1.14. The van der Waals surface area contributed by atoms with Gasteiger partial charge in [0.2, 0.25) is 0 Å². The summed E-state index contributed by atoms with van der Waals surface area (Å²) in [6.45, 7) is 0. The lowest BCUT2D eigenvalue weighted by Crippen LogP contribution is -2.28. The van der Waals surface area contributed by atoms with Gasteiger partial charge in [0.25, 0.3) is 0 Å². The molecule has 4 aromatic carbocycles. The number of halogens is 2. The van der Waals surface area contributed by atoms with E-state index in [-0.39, 0.29) is 5.69 Å². The quantitative estimate of drug-likeness (QED) is 0.376. The van der Waals surface area contributed by atoms with Crippen LogP contribution in [0.2, 0.25) is 0 Å². The molecular formula is C25H17F2N2P. The van der Waals surface area contributed by atoms with Crippen LogP contribution in [0.5, 0.6) is 0 Å². The molecule has 5 rings (SSSR count). The summed E-state index contributed by atoms with van der Waals surface area (Å²) in [6, 6.07) is 31.4. The zero-order chi connectivity index (χ0) is 20.5. The molecule has 0 N–H and O–H groups in total. The van der Waals surface area contributed by atoms with Crippen LogP contribution >= 0.6 is 7.92 Å². The Kier molecular flexibility index (Phi) is 4.86. The molecule has 0 amide bonds. The molecule has 0 aliphatic rings. The number of hydrogen-bond donors (Lipinski definition) is 0. The van der Waals surface area contributed by atoms with Gasteiger partial charge >= 0.3 is 0 Å². The smallest absolute Gasteiger partial charge is 0.150 e. The monoisotopic (exact) mass is 414 g/mol. The van der Waals surface area contributed by atoms with Gasteiger partial charge in [0.05, 0.1) is 11.0 Å². The number of para-hydroxylation sites is 3. The predicted octanol–water partition coefficient (Wildman–Crippen LogP) is 5.06. The highest BCUT2D eigenvalue weighted by molar-refractivity contribution is 7.79. The van der Waals surface area contributed by atoms with Crippen LogP contribution in [0.3, 0.4) is 0 Å². The largest absolute Gasteiger partial charge is 0.287 e. The van der Waals surface area contributed by atoms with Gasteiger partial charge in [-0.05, 0) is 34.9 Å². The summed E-state index contributed by atoms with van der Waals surface area (Å²) in [5.41, 5.74) is 1.92. The van der Waals surface area contributed by atoms with Gasteiger partial charge < -0.3 is 0 Å². The molecule has 146 valence electrons. The van der Waals surface area contributed by atoms with Gasteiger partial charge in [0.15, 0.2) is 0 Å². The van der Waals surface area contributed by atoms with Crippen molar-refractivity contribution in [3.63, 3.8) is 0 Å². The summed E-state index contributed by atoms with van der Waals surface area (Å²) >= 11 is 0. The number of benzene rings is 4. The summed E-state index contributed by atoms with van der Waals surface area (Å²) in [4.78, 5) is 4.88. The van der Waals surface area contributed by atoms with Crippen LogP contribution in [0, 0.1) is 11.6 Å². The first-order valence-corrected chi connectivity index (χ1v) is 10.9. The maximum absolute atomic E-state index is 14.9. The Hall–Kier alpha value is -3.36. The number of nitrogens with zero attached hydrogens (tertiary/aromatic N) is 2. The topological polar surface area (TPSA) is 17.8 Å². The normalized spacial score (nSPS) is 11.3. The first-order valence-electron chi connectivity index (χ1n) is 9.56. The molecule has 0 radical (unpaired) electrons. The minimum Gasteiger partial charge on any atom is -0.287 e. The molecule has 0 saturated carbocycles. The molecule has 30 heavy (non-hydrogen) atoms. The molecule has 0 aliphatic carbocycles. The fraction of sp³-hybridized carbons (Fsp3) is 0. The van der Waals surface area contributed by atoms with Crippen LogP contribution in [-0.4, -0.2) is 9.55 Å². The number of rotatable bonds is 4. The van der Waals surface area contributed by atoms with Crippen LogP contribution in [-0.2, 0) is 0 Å². The van der Waals surface area contributed by atoms with Gasteiger partial charge in [-0.25, -0.2) is 13.8 Å². The Morgan fingerprint density at radius 3 is 1.73 bits per heavy atom. The number of imidazole rings is 1. The van der Waals surface area contributed by atoms with Crippen molar-refractivity contribution in [2.24, 2.45) is 0 Å². The minimum absolute atomic E-state index is 0.0967. The number of aromatic nitrogens is 2. The predicted molar refractivity (Wildman–Crippen MR) is 120 cm³/mol. The van der Waals surface area contributed by atoms with E-state index in [9.17, 15) is 8.78 Å². The number of hydrogen-bond acceptors (Lipinski definition) is 1. The average Bonchev–Trinajstić information content (AvgIpc) is 3.14. The zero-order valence-corrected chi connectivity index (χ0v) is 16.8. The highest BCUT2D eigenvalue weighted by Gasteiger charge is 2.26. The fourth-order valence-electron chi connectivity index (χ4n) is 3.62. The molecule has 0 atom stereocenters. The lowest BCUT2D eigenvalue weighted by atomic mass is 10.2. The minimum atomic E-state index is -1.14. The fourth-order valence-corrected chi connectivity index (χ4v) is 5.94. The van der Waals surface area contributed by atoms with Crippen LogP contribution in [0.4, 0.5) is 8.78 Å². The van der Waals surface area contributed by atoms with Crippen LogP contribution in [0.25, 0.3) is 16.7 Å². The van der Waals surface area contributed by atoms with Gasteiger partial charge in [0.1, 0.15) is 22.9 Å². The van der Waals surface area contributed by atoms with E-state index in [1.807, 2.05) is 84.9 Å². The zero-order valence-electron chi connectivity index (χ0n) is 15.9. The maximum Gasteiger partial charge on any atom is 0.150 e. The standard InChI is InChI=1S/C25H17F2N2P/c26-20-14-9-15-21(27)24(20)29-23-17-8-7-16-22(23)28-25(29)30(18-10-3-1-4-11-18)19-12-5-2-6-13-19/h1-17H. The summed E-state index contributed by atoms with van der Waals surface area (Å²) in [5, 5.41) is 2.12. The second-order valence-corrected chi connectivity index (χ2v) is 8.92. The lowest BCUT2D eigenvalue weighted by Gasteiger charge is -2.20. The maximum atomic E-state index is 14.9. The van der Waals surface area contributed by atoms with E-state index in [2.05, 4.69) is 0 Å². The summed E-state index contributed by atoms with van der Waals surface area (Å²) < 4.78 is 31.5. The third-order valence-electron chi connectivity index (χ3n) is 4.93. The van der Waals surface area contributed by atoms with E-state index in [1.165, 1.54) is 18.2 Å². The van der Waals surface area contributed by atoms with E-state index in [4.69, 9.17) is 4.98 Å². The average molecular weight is 414 g/mol. The Morgan fingerprint density at radius 1 is 0.600 bits per heavy atom. The van der Waals surface area contributed by atoms with Crippen molar-refractivity contribution in [1.82, 2.24) is 9.55 Å². The molecule has 1 heterocycles. The SMILES string of the molecule is Fc1cccc(F)c1-n1c(P(c2ccccc2)c2ccccc2)nc2ccccc21. The molecular weight excluding hydrogens is 397 g/mol. The van der Waals surface area contributed by atoms with Crippen LogP contribution < -0.4 is 16.2 Å². The van der Waals surface area contributed by atoms with E-state index >= 15 is 0 Å². The van der Waals surface area contributed by atoms with Gasteiger partial charge in [0, 0.05) is 7.92 Å². The van der Waals surface area contributed by atoms with E-state index in [1.54, 1.807) is 4.57 Å². The summed E-state index contributed by atoms with van der Waals surface area (Å²) in [5.74, 6) is -1.23. The van der Waals surface area contributed by atoms with Gasteiger partial charge in [-0.2, -0.15) is 0 Å². The van der Waals surface area contributed by atoms with Crippen molar-refractivity contribution in [3.05, 3.63) is 115 Å². The molecule has 2 nitrogen and oxygen atoms in total. The Morgan fingerprint density at radius 2 is 1.13 bits per heavy atom. The van der Waals surface area contributed by atoms with Crippen molar-refractivity contribution < 1.29 is 8.78 Å². The molecule has 0 bridgehead atoms. The lowest BCUT2D eigenvalue weighted by molar-refractivity contribution is 0.572. The molecule has 0 spiro atoms. The van der Waals surface area contributed by atoms with Crippen LogP contribution in [0.15, 0.2) is 103 Å². The molecule has 5 aromatic rings.